The number of aromatic nitrogens is 2. The molecule has 1 aliphatic rings. The van der Waals surface area contributed by atoms with E-state index in [1.54, 1.807) is 11.3 Å². The molecule has 2 aromatic rings. The van der Waals surface area contributed by atoms with Gasteiger partial charge in [0.25, 0.3) is 5.56 Å². The van der Waals surface area contributed by atoms with Crippen LogP contribution in [-0.2, 0) is 12.8 Å². The summed E-state index contributed by atoms with van der Waals surface area (Å²) in [4.78, 5) is 20.8. The largest absolute Gasteiger partial charge is 0.313 e. The number of H-pyrrole nitrogens is 1. The molecule has 2 heterocycles. The van der Waals surface area contributed by atoms with Gasteiger partial charge in [-0.3, -0.25) is 4.79 Å². The van der Waals surface area contributed by atoms with E-state index in [0.717, 1.165) is 29.5 Å². The SMILES string of the molecule is CC1(S)CCc2c(sc3nc[nH]c(=O)c23)C1. The molecule has 0 aliphatic heterocycles. The second-order valence-corrected chi connectivity index (χ2v) is 6.75. The van der Waals surface area contributed by atoms with Crippen LogP contribution in [0.5, 0.6) is 0 Å². The van der Waals surface area contributed by atoms with Gasteiger partial charge in [-0.15, -0.1) is 11.3 Å². The Morgan fingerprint density at radius 2 is 2.44 bits per heavy atom. The molecule has 1 unspecified atom stereocenters. The lowest BCUT2D eigenvalue weighted by Crippen LogP contribution is -2.25. The number of hydrogen-bond donors (Lipinski definition) is 2. The van der Waals surface area contributed by atoms with Crippen LogP contribution in [0.3, 0.4) is 0 Å². The summed E-state index contributed by atoms with van der Waals surface area (Å²) in [6, 6.07) is 0. The van der Waals surface area contributed by atoms with E-state index >= 15 is 0 Å². The highest BCUT2D eigenvalue weighted by Crippen LogP contribution is 2.39. The number of nitrogens with zero attached hydrogens (tertiary/aromatic N) is 1. The minimum Gasteiger partial charge on any atom is -0.313 e. The van der Waals surface area contributed by atoms with Crippen LogP contribution in [0, 0.1) is 0 Å². The maximum atomic E-state index is 11.8. The maximum Gasteiger partial charge on any atom is 0.259 e. The normalized spacial score (nSPS) is 24.6. The number of thiophene rings is 1. The van der Waals surface area contributed by atoms with Crippen molar-refractivity contribution in [2.45, 2.75) is 30.9 Å². The van der Waals surface area contributed by atoms with Crippen LogP contribution in [-0.4, -0.2) is 14.7 Å². The van der Waals surface area contributed by atoms with E-state index in [9.17, 15) is 4.79 Å². The minimum atomic E-state index is -0.00901. The van der Waals surface area contributed by atoms with Crippen molar-refractivity contribution >= 4 is 34.2 Å². The van der Waals surface area contributed by atoms with Crippen molar-refractivity contribution in [3.05, 3.63) is 27.1 Å². The van der Waals surface area contributed by atoms with Crippen LogP contribution in [0.2, 0.25) is 0 Å². The summed E-state index contributed by atoms with van der Waals surface area (Å²) in [6.07, 6.45) is 4.37. The first-order valence-corrected chi connectivity index (χ1v) is 6.53. The molecule has 3 rings (SSSR count). The molecule has 0 bridgehead atoms. The summed E-state index contributed by atoms with van der Waals surface area (Å²) < 4.78 is 0.0562. The lowest BCUT2D eigenvalue weighted by Gasteiger charge is -2.28. The fourth-order valence-corrected chi connectivity index (χ4v) is 4.03. The first-order chi connectivity index (χ1) is 7.57. The first kappa shape index (κ1) is 10.4. The minimum absolute atomic E-state index is 0.00901. The van der Waals surface area contributed by atoms with Gasteiger partial charge >= 0.3 is 0 Å². The van der Waals surface area contributed by atoms with E-state index in [0.29, 0.717) is 0 Å². The Kier molecular flexibility index (Phi) is 2.16. The summed E-state index contributed by atoms with van der Waals surface area (Å²) in [5.41, 5.74) is 1.19. The highest BCUT2D eigenvalue weighted by atomic mass is 32.1. The van der Waals surface area contributed by atoms with Crippen molar-refractivity contribution in [1.29, 1.82) is 0 Å². The number of thiol groups is 1. The molecule has 84 valence electrons. The van der Waals surface area contributed by atoms with Gasteiger partial charge in [0.05, 0.1) is 11.7 Å². The highest BCUT2D eigenvalue weighted by Gasteiger charge is 2.29. The van der Waals surface area contributed by atoms with Gasteiger partial charge in [0.2, 0.25) is 0 Å². The number of hydrogen-bond acceptors (Lipinski definition) is 4. The average molecular weight is 252 g/mol. The molecule has 0 radical (unpaired) electrons. The third-order valence-corrected chi connectivity index (χ3v) is 4.65. The average Bonchev–Trinajstić information content (AvgIpc) is 2.54. The Morgan fingerprint density at radius 1 is 1.62 bits per heavy atom. The Balaban J connectivity index is 2.29. The molecule has 1 atom stereocenters. The Hall–Kier alpha value is -0.810. The summed E-state index contributed by atoms with van der Waals surface area (Å²) >= 11 is 6.29. The predicted molar refractivity (Wildman–Crippen MR) is 69.7 cm³/mol. The number of fused-ring (bicyclic) bond motifs is 3. The zero-order valence-electron chi connectivity index (χ0n) is 8.91. The van der Waals surface area contributed by atoms with E-state index in [1.165, 1.54) is 16.8 Å². The van der Waals surface area contributed by atoms with Crippen molar-refractivity contribution in [3.8, 4) is 0 Å². The van der Waals surface area contributed by atoms with E-state index in [4.69, 9.17) is 0 Å². The third kappa shape index (κ3) is 1.50. The second kappa shape index (κ2) is 3.34. The van der Waals surface area contributed by atoms with Gasteiger partial charge in [0.15, 0.2) is 0 Å². The fourth-order valence-electron chi connectivity index (χ4n) is 2.28. The molecule has 0 saturated carbocycles. The zero-order chi connectivity index (χ0) is 11.3. The van der Waals surface area contributed by atoms with Gasteiger partial charge in [-0.2, -0.15) is 12.6 Å². The second-order valence-electron chi connectivity index (χ2n) is 4.59. The number of aromatic amines is 1. The third-order valence-electron chi connectivity index (χ3n) is 3.13. The van der Waals surface area contributed by atoms with E-state index in [1.807, 2.05) is 0 Å². The van der Waals surface area contributed by atoms with Crippen molar-refractivity contribution < 1.29 is 0 Å². The Bertz CT molecular complexity index is 612. The van der Waals surface area contributed by atoms with Crippen LogP contribution >= 0.6 is 24.0 Å². The Morgan fingerprint density at radius 3 is 3.25 bits per heavy atom. The van der Waals surface area contributed by atoms with Gasteiger partial charge in [-0.25, -0.2) is 4.98 Å². The maximum absolute atomic E-state index is 11.8. The van der Waals surface area contributed by atoms with E-state index in [-0.39, 0.29) is 10.3 Å². The number of aryl methyl sites for hydroxylation is 1. The van der Waals surface area contributed by atoms with Crippen molar-refractivity contribution in [2.24, 2.45) is 0 Å². The zero-order valence-corrected chi connectivity index (χ0v) is 10.6. The monoisotopic (exact) mass is 252 g/mol. The molecule has 0 saturated heterocycles. The topological polar surface area (TPSA) is 45.8 Å². The molecular weight excluding hydrogens is 240 g/mol. The summed E-state index contributed by atoms with van der Waals surface area (Å²) in [6.45, 7) is 2.15. The van der Waals surface area contributed by atoms with E-state index < -0.39 is 0 Å². The fraction of sp³-hybridized carbons (Fsp3) is 0.455. The van der Waals surface area contributed by atoms with Crippen molar-refractivity contribution in [3.63, 3.8) is 0 Å². The molecule has 3 nitrogen and oxygen atoms in total. The van der Waals surface area contributed by atoms with Gasteiger partial charge in [0, 0.05) is 9.62 Å². The van der Waals surface area contributed by atoms with Crippen molar-refractivity contribution in [1.82, 2.24) is 9.97 Å². The smallest absolute Gasteiger partial charge is 0.259 e. The Labute approximate surface area is 102 Å². The standard InChI is InChI=1S/C11H12N2OS2/c1-11(15)3-2-6-7(4-11)16-10-8(6)9(14)12-5-13-10/h5,15H,2-4H2,1H3,(H,12,13,14). The van der Waals surface area contributed by atoms with Gasteiger partial charge in [-0.1, -0.05) is 6.92 Å². The number of nitrogens with one attached hydrogen (secondary N) is 1. The molecule has 2 aromatic heterocycles. The van der Waals surface area contributed by atoms with Crippen LogP contribution in [0.25, 0.3) is 10.2 Å². The highest BCUT2D eigenvalue weighted by molar-refractivity contribution is 7.81. The molecule has 0 amide bonds. The molecule has 5 heteroatoms. The van der Waals surface area contributed by atoms with Gasteiger partial charge < -0.3 is 4.98 Å². The lowest BCUT2D eigenvalue weighted by molar-refractivity contribution is 0.564. The predicted octanol–water partition coefficient (Wildman–Crippen LogP) is 2.16. The molecule has 1 aliphatic carbocycles. The van der Waals surface area contributed by atoms with Gasteiger partial charge in [-0.05, 0) is 24.8 Å². The first-order valence-electron chi connectivity index (χ1n) is 5.27. The number of rotatable bonds is 0. The van der Waals surface area contributed by atoms with Crippen LogP contribution in [0.1, 0.15) is 23.8 Å². The molecule has 0 spiro atoms. The lowest BCUT2D eigenvalue weighted by atomic mass is 9.88. The molecule has 1 N–H and O–H groups in total. The van der Waals surface area contributed by atoms with Crippen LogP contribution in [0.4, 0.5) is 0 Å². The van der Waals surface area contributed by atoms with Crippen LogP contribution in [0.15, 0.2) is 11.1 Å². The molecule has 16 heavy (non-hydrogen) atoms. The summed E-state index contributed by atoms with van der Waals surface area (Å²) in [5.74, 6) is 0. The van der Waals surface area contributed by atoms with E-state index in [2.05, 4.69) is 29.5 Å². The van der Waals surface area contributed by atoms with Crippen LogP contribution < -0.4 is 5.56 Å². The molecule has 0 fully saturated rings. The van der Waals surface area contributed by atoms with Crippen molar-refractivity contribution in [2.75, 3.05) is 0 Å². The molecular formula is C11H12N2OS2. The summed E-state index contributed by atoms with van der Waals surface area (Å²) in [5, 5.41) is 0.798. The quantitative estimate of drug-likeness (QED) is 0.706. The molecule has 0 aromatic carbocycles. The van der Waals surface area contributed by atoms with Gasteiger partial charge in [0.1, 0.15) is 4.83 Å². The summed E-state index contributed by atoms with van der Waals surface area (Å²) in [7, 11) is 0.